The van der Waals surface area contributed by atoms with Crippen LogP contribution in [0.2, 0.25) is 0 Å². The molecule has 114 valence electrons. The van der Waals surface area contributed by atoms with Gasteiger partial charge in [-0.05, 0) is 30.5 Å². The van der Waals surface area contributed by atoms with E-state index in [1.807, 2.05) is 23.1 Å². The Labute approximate surface area is 125 Å². The number of likely N-dealkylation sites (tertiary alicyclic amines) is 1. The van der Waals surface area contributed by atoms with Crippen LogP contribution in [0.3, 0.4) is 0 Å². The van der Waals surface area contributed by atoms with Gasteiger partial charge in [0.1, 0.15) is 5.75 Å². The molecule has 2 fully saturated rings. The summed E-state index contributed by atoms with van der Waals surface area (Å²) in [4.78, 5) is 14.7. The Morgan fingerprint density at radius 3 is 3.00 bits per heavy atom. The minimum atomic E-state index is -0.198. The molecule has 2 aliphatic heterocycles. The SMILES string of the molecule is COc1cccc(C2CCCN2C(=O)C2COCC2N)c1. The molecule has 0 bridgehead atoms. The van der Waals surface area contributed by atoms with Crippen molar-refractivity contribution in [3.8, 4) is 5.75 Å². The Kier molecular flexibility index (Phi) is 4.12. The second kappa shape index (κ2) is 6.03. The maximum atomic E-state index is 12.7. The number of rotatable bonds is 3. The van der Waals surface area contributed by atoms with Gasteiger partial charge in [-0.1, -0.05) is 12.1 Å². The van der Waals surface area contributed by atoms with Crippen LogP contribution in [0.1, 0.15) is 24.4 Å². The molecule has 21 heavy (non-hydrogen) atoms. The molecule has 5 nitrogen and oxygen atoms in total. The van der Waals surface area contributed by atoms with Gasteiger partial charge in [0.05, 0.1) is 32.3 Å². The number of nitrogens with zero attached hydrogens (tertiary/aromatic N) is 1. The van der Waals surface area contributed by atoms with Gasteiger partial charge in [0.25, 0.3) is 0 Å². The fraction of sp³-hybridized carbons (Fsp3) is 0.562. The van der Waals surface area contributed by atoms with Crippen molar-refractivity contribution in [2.45, 2.75) is 24.9 Å². The highest BCUT2D eigenvalue weighted by Gasteiger charge is 2.39. The molecule has 1 aromatic rings. The van der Waals surface area contributed by atoms with Crippen LogP contribution in [0, 0.1) is 5.92 Å². The van der Waals surface area contributed by atoms with E-state index in [4.69, 9.17) is 15.2 Å². The summed E-state index contributed by atoms with van der Waals surface area (Å²) in [5, 5.41) is 0. The normalized spacial score (nSPS) is 28.9. The van der Waals surface area contributed by atoms with Gasteiger partial charge in [-0.15, -0.1) is 0 Å². The lowest BCUT2D eigenvalue weighted by atomic mass is 10.00. The monoisotopic (exact) mass is 290 g/mol. The van der Waals surface area contributed by atoms with Gasteiger partial charge in [-0.25, -0.2) is 0 Å². The molecular weight excluding hydrogens is 268 g/mol. The quantitative estimate of drug-likeness (QED) is 0.912. The summed E-state index contributed by atoms with van der Waals surface area (Å²) in [6.07, 6.45) is 2.01. The molecule has 2 N–H and O–H groups in total. The molecule has 0 aliphatic carbocycles. The predicted octanol–water partition coefficient (Wildman–Crippen LogP) is 1.33. The van der Waals surface area contributed by atoms with Crippen LogP contribution in [-0.4, -0.2) is 43.7 Å². The number of amides is 1. The van der Waals surface area contributed by atoms with Crippen molar-refractivity contribution in [2.24, 2.45) is 11.7 Å². The van der Waals surface area contributed by atoms with Gasteiger partial charge >= 0.3 is 0 Å². The van der Waals surface area contributed by atoms with Crippen LogP contribution in [0.4, 0.5) is 0 Å². The number of carbonyl (C=O) groups is 1. The van der Waals surface area contributed by atoms with E-state index in [1.165, 1.54) is 0 Å². The third-order valence-electron chi connectivity index (χ3n) is 4.46. The molecule has 0 radical (unpaired) electrons. The Morgan fingerprint density at radius 1 is 1.43 bits per heavy atom. The zero-order valence-electron chi connectivity index (χ0n) is 12.3. The molecule has 0 aromatic heterocycles. The summed E-state index contributed by atoms with van der Waals surface area (Å²) in [7, 11) is 1.66. The summed E-state index contributed by atoms with van der Waals surface area (Å²) in [5.41, 5.74) is 7.12. The lowest BCUT2D eigenvalue weighted by molar-refractivity contribution is -0.136. The first-order chi connectivity index (χ1) is 10.2. The van der Waals surface area contributed by atoms with E-state index in [9.17, 15) is 4.79 Å². The van der Waals surface area contributed by atoms with Crippen LogP contribution in [0.5, 0.6) is 5.75 Å². The third kappa shape index (κ3) is 2.76. The molecule has 3 rings (SSSR count). The first-order valence-corrected chi connectivity index (χ1v) is 7.48. The fourth-order valence-corrected chi connectivity index (χ4v) is 3.26. The van der Waals surface area contributed by atoms with Crippen molar-refractivity contribution in [3.63, 3.8) is 0 Å². The van der Waals surface area contributed by atoms with E-state index in [2.05, 4.69) is 6.07 Å². The molecule has 2 saturated heterocycles. The molecule has 1 amide bonds. The van der Waals surface area contributed by atoms with Gasteiger partial charge < -0.3 is 20.1 Å². The Bertz CT molecular complexity index is 520. The van der Waals surface area contributed by atoms with Crippen LogP contribution in [-0.2, 0) is 9.53 Å². The number of hydrogen-bond donors (Lipinski definition) is 1. The van der Waals surface area contributed by atoms with Crippen molar-refractivity contribution in [3.05, 3.63) is 29.8 Å². The lowest BCUT2D eigenvalue weighted by Crippen LogP contribution is -2.43. The molecule has 1 aromatic carbocycles. The molecule has 2 heterocycles. The zero-order valence-corrected chi connectivity index (χ0v) is 12.3. The van der Waals surface area contributed by atoms with Gasteiger partial charge in [0, 0.05) is 12.6 Å². The van der Waals surface area contributed by atoms with Crippen molar-refractivity contribution in [1.82, 2.24) is 4.90 Å². The van der Waals surface area contributed by atoms with E-state index in [1.54, 1.807) is 7.11 Å². The largest absolute Gasteiger partial charge is 0.497 e. The van der Waals surface area contributed by atoms with Crippen LogP contribution in [0.25, 0.3) is 0 Å². The predicted molar refractivity (Wildman–Crippen MR) is 79.0 cm³/mol. The highest BCUT2D eigenvalue weighted by molar-refractivity contribution is 5.80. The second-order valence-corrected chi connectivity index (χ2v) is 5.77. The number of nitrogens with two attached hydrogens (primary N) is 1. The van der Waals surface area contributed by atoms with E-state index in [0.717, 1.165) is 30.7 Å². The number of benzene rings is 1. The molecule has 3 unspecified atom stereocenters. The van der Waals surface area contributed by atoms with Crippen molar-refractivity contribution in [1.29, 1.82) is 0 Å². The fourth-order valence-electron chi connectivity index (χ4n) is 3.26. The Hall–Kier alpha value is -1.59. The molecule has 0 spiro atoms. The standard InChI is InChI=1S/C16H22N2O3/c1-20-12-5-2-4-11(8-12)15-6-3-7-18(15)16(19)13-9-21-10-14(13)17/h2,4-5,8,13-15H,3,6-7,9-10,17H2,1H3. The molecule has 3 atom stereocenters. The van der Waals surface area contributed by atoms with E-state index in [-0.39, 0.29) is 23.9 Å². The third-order valence-corrected chi connectivity index (χ3v) is 4.46. The summed E-state index contributed by atoms with van der Waals surface area (Å²) < 4.78 is 10.6. The van der Waals surface area contributed by atoms with Crippen LogP contribution >= 0.6 is 0 Å². The molecule has 2 aliphatic rings. The minimum absolute atomic E-state index is 0.125. The van der Waals surface area contributed by atoms with Crippen LogP contribution in [0.15, 0.2) is 24.3 Å². The molecular formula is C16H22N2O3. The maximum Gasteiger partial charge on any atom is 0.230 e. The van der Waals surface area contributed by atoms with E-state index in [0.29, 0.717) is 13.2 Å². The smallest absolute Gasteiger partial charge is 0.230 e. The maximum absolute atomic E-state index is 12.7. The second-order valence-electron chi connectivity index (χ2n) is 5.77. The molecule has 0 saturated carbocycles. The Balaban J connectivity index is 1.80. The number of carbonyl (C=O) groups excluding carboxylic acids is 1. The summed E-state index contributed by atoms with van der Waals surface area (Å²) in [5.74, 6) is 0.759. The lowest BCUT2D eigenvalue weighted by Gasteiger charge is -2.28. The average Bonchev–Trinajstić information content (AvgIpc) is 3.15. The minimum Gasteiger partial charge on any atom is -0.497 e. The van der Waals surface area contributed by atoms with Crippen LogP contribution < -0.4 is 10.5 Å². The number of hydrogen-bond acceptors (Lipinski definition) is 4. The Morgan fingerprint density at radius 2 is 2.29 bits per heavy atom. The highest BCUT2D eigenvalue weighted by Crippen LogP contribution is 2.35. The first kappa shape index (κ1) is 14.4. The average molecular weight is 290 g/mol. The van der Waals surface area contributed by atoms with Gasteiger partial charge in [0.2, 0.25) is 5.91 Å². The highest BCUT2D eigenvalue weighted by atomic mass is 16.5. The van der Waals surface area contributed by atoms with Crippen molar-refractivity contribution >= 4 is 5.91 Å². The first-order valence-electron chi connectivity index (χ1n) is 7.48. The van der Waals surface area contributed by atoms with Gasteiger partial charge in [0.15, 0.2) is 0 Å². The van der Waals surface area contributed by atoms with Gasteiger partial charge in [-0.2, -0.15) is 0 Å². The summed E-state index contributed by atoms with van der Waals surface area (Å²) in [6, 6.07) is 7.92. The number of methoxy groups -OCH3 is 1. The van der Waals surface area contributed by atoms with E-state index >= 15 is 0 Å². The molecule has 5 heteroatoms. The summed E-state index contributed by atoms with van der Waals surface area (Å²) >= 11 is 0. The van der Waals surface area contributed by atoms with Crippen molar-refractivity contribution < 1.29 is 14.3 Å². The zero-order chi connectivity index (χ0) is 14.8. The topological polar surface area (TPSA) is 64.8 Å². The van der Waals surface area contributed by atoms with Crippen molar-refractivity contribution in [2.75, 3.05) is 26.9 Å². The van der Waals surface area contributed by atoms with E-state index < -0.39 is 0 Å². The van der Waals surface area contributed by atoms with Gasteiger partial charge in [-0.3, -0.25) is 4.79 Å². The summed E-state index contributed by atoms with van der Waals surface area (Å²) in [6.45, 7) is 1.72. The number of ether oxygens (including phenoxy) is 2.